The standard InChI is InChI=1S/C9H9NO2S/c1-12-10-5-2-3-7-4-6-13-8(7)9(10)11/h2,4-6H,3H2,1H3. The number of nitrogens with zero attached hydrogens (tertiary/aromatic N) is 1. The smallest absolute Gasteiger partial charge is 0.270 e. The first kappa shape index (κ1) is 8.47. The SMILES string of the molecule is CON1C=CCc2ccsc2C1=O. The Morgan fingerprint density at radius 3 is 3.23 bits per heavy atom. The van der Waals surface area contributed by atoms with Crippen molar-refractivity contribution in [2.75, 3.05) is 7.11 Å². The van der Waals surface area contributed by atoms with Crippen LogP contribution in [0, 0.1) is 0 Å². The molecule has 0 aliphatic carbocycles. The molecule has 4 heteroatoms. The summed E-state index contributed by atoms with van der Waals surface area (Å²) in [4.78, 5) is 17.4. The topological polar surface area (TPSA) is 29.5 Å². The summed E-state index contributed by atoms with van der Waals surface area (Å²) in [5.41, 5.74) is 1.07. The summed E-state index contributed by atoms with van der Waals surface area (Å²) in [6.07, 6.45) is 4.37. The highest BCUT2D eigenvalue weighted by atomic mass is 32.1. The van der Waals surface area contributed by atoms with Gasteiger partial charge in [0.1, 0.15) is 0 Å². The van der Waals surface area contributed by atoms with Crippen LogP contribution in [0.15, 0.2) is 23.7 Å². The zero-order chi connectivity index (χ0) is 9.26. The van der Waals surface area contributed by atoms with E-state index < -0.39 is 0 Å². The first-order chi connectivity index (χ1) is 6.33. The molecule has 1 aliphatic rings. The Kier molecular flexibility index (Phi) is 2.16. The van der Waals surface area contributed by atoms with Gasteiger partial charge >= 0.3 is 0 Å². The van der Waals surface area contributed by atoms with Crippen LogP contribution in [0.4, 0.5) is 0 Å². The second-order valence-corrected chi connectivity index (χ2v) is 3.59. The molecular weight excluding hydrogens is 186 g/mol. The van der Waals surface area contributed by atoms with Gasteiger partial charge in [-0.25, -0.2) is 0 Å². The van der Waals surface area contributed by atoms with E-state index in [9.17, 15) is 4.79 Å². The van der Waals surface area contributed by atoms with Gasteiger partial charge in [-0.3, -0.25) is 9.63 Å². The number of hydrogen-bond donors (Lipinski definition) is 0. The van der Waals surface area contributed by atoms with Crippen LogP contribution in [0.3, 0.4) is 0 Å². The lowest BCUT2D eigenvalue weighted by molar-refractivity contribution is -0.0579. The summed E-state index contributed by atoms with van der Waals surface area (Å²) in [5, 5.41) is 3.18. The number of hydrogen-bond acceptors (Lipinski definition) is 3. The molecule has 0 saturated heterocycles. The normalized spacial score (nSPS) is 15.8. The van der Waals surface area contributed by atoms with Crippen molar-refractivity contribution in [2.24, 2.45) is 0 Å². The molecule has 13 heavy (non-hydrogen) atoms. The van der Waals surface area contributed by atoms with Crippen LogP contribution in [0.2, 0.25) is 0 Å². The maximum absolute atomic E-state index is 11.7. The van der Waals surface area contributed by atoms with Gasteiger partial charge in [-0.2, -0.15) is 5.06 Å². The molecular formula is C9H9NO2S. The van der Waals surface area contributed by atoms with Gasteiger partial charge in [-0.15, -0.1) is 11.3 Å². The van der Waals surface area contributed by atoms with Crippen molar-refractivity contribution < 1.29 is 9.63 Å². The predicted octanol–water partition coefficient (Wildman–Crippen LogP) is 1.82. The highest BCUT2D eigenvalue weighted by molar-refractivity contribution is 7.12. The van der Waals surface area contributed by atoms with Crippen molar-refractivity contribution in [2.45, 2.75) is 6.42 Å². The van der Waals surface area contributed by atoms with Crippen LogP contribution in [-0.4, -0.2) is 18.1 Å². The van der Waals surface area contributed by atoms with Gasteiger partial charge in [-0.1, -0.05) is 6.08 Å². The summed E-state index contributed by atoms with van der Waals surface area (Å²) >= 11 is 1.45. The molecule has 0 aromatic carbocycles. The second kappa shape index (κ2) is 3.32. The molecule has 0 fully saturated rings. The minimum atomic E-state index is -0.0822. The maximum Gasteiger partial charge on any atom is 0.291 e. The molecule has 2 heterocycles. The fraction of sp³-hybridized carbons (Fsp3) is 0.222. The molecule has 2 rings (SSSR count). The largest absolute Gasteiger partial charge is 0.291 e. The third-order valence-corrected chi connectivity index (χ3v) is 2.86. The lowest BCUT2D eigenvalue weighted by atomic mass is 10.2. The van der Waals surface area contributed by atoms with Crippen LogP contribution in [0.1, 0.15) is 15.2 Å². The number of thiophene rings is 1. The number of rotatable bonds is 1. The molecule has 0 unspecified atom stereocenters. The average Bonchev–Trinajstić information content (AvgIpc) is 2.54. The molecule has 1 aromatic heterocycles. The molecule has 0 bridgehead atoms. The molecule has 1 aliphatic heterocycles. The Morgan fingerprint density at radius 1 is 1.62 bits per heavy atom. The van der Waals surface area contributed by atoms with Crippen molar-refractivity contribution in [3.63, 3.8) is 0 Å². The Bertz CT molecular complexity index is 356. The molecule has 0 saturated carbocycles. The zero-order valence-corrected chi connectivity index (χ0v) is 8.00. The highest BCUT2D eigenvalue weighted by Crippen LogP contribution is 2.22. The minimum Gasteiger partial charge on any atom is -0.270 e. The number of hydroxylamine groups is 2. The van der Waals surface area contributed by atoms with Crippen LogP contribution in [0.5, 0.6) is 0 Å². The first-order valence-electron chi connectivity index (χ1n) is 3.93. The van der Waals surface area contributed by atoms with Gasteiger partial charge in [0.05, 0.1) is 12.0 Å². The third kappa shape index (κ3) is 1.38. The van der Waals surface area contributed by atoms with Gasteiger partial charge in [0.25, 0.3) is 5.91 Å². The van der Waals surface area contributed by atoms with Crippen molar-refractivity contribution in [1.82, 2.24) is 5.06 Å². The van der Waals surface area contributed by atoms with Gasteiger partial charge < -0.3 is 0 Å². The van der Waals surface area contributed by atoms with Gasteiger partial charge in [0, 0.05) is 6.20 Å². The van der Waals surface area contributed by atoms with Gasteiger partial charge in [0.2, 0.25) is 0 Å². The molecule has 68 valence electrons. The molecule has 0 radical (unpaired) electrons. The monoisotopic (exact) mass is 195 g/mol. The average molecular weight is 195 g/mol. The lowest BCUT2D eigenvalue weighted by Crippen LogP contribution is -2.23. The van der Waals surface area contributed by atoms with E-state index in [1.807, 2.05) is 17.5 Å². The molecule has 1 aromatic rings. The van der Waals surface area contributed by atoms with E-state index in [0.717, 1.165) is 16.9 Å². The third-order valence-electron chi connectivity index (χ3n) is 1.92. The minimum absolute atomic E-state index is 0.0822. The van der Waals surface area contributed by atoms with Crippen LogP contribution in [-0.2, 0) is 11.3 Å². The number of carbonyl (C=O) groups is 1. The Labute approximate surface area is 80.2 Å². The van der Waals surface area contributed by atoms with Crippen molar-refractivity contribution >= 4 is 17.2 Å². The fourth-order valence-corrected chi connectivity index (χ4v) is 2.13. The summed E-state index contributed by atoms with van der Waals surface area (Å²) in [7, 11) is 1.49. The van der Waals surface area contributed by atoms with Gasteiger partial charge in [0.15, 0.2) is 0 Å². The van der Waals surface area contributed by atoms with Crippen molar-refractivity contribution in [3.05, 3.63) is 34.2 Å². The second-order valence-electron chi connectivity index (χ2n) is 2.68. The lowest BCUT2D eigenvalue weighted by Gasteiger charge is -2.12. The molecule has 1 amide bonds. The van der Waals surface area contributed by atoms with E-state index in [2.05, 4.69) is 0 Å². The number of fused-ring (bicyclic) bond motifs is 1. The van der Waals surface area contributed by atoms with Crippen molar-refractivity contribution in [1.29, 1.82) is 0 Å². The van der Waals surface area contributed by atoms with E-state index in [0.29, 0.717) is 0 Å². The summed E-state index contributed by atoms with van der Waals surface area (Å²) < 4.78 is 0. The zero-order valence-electron chi connectivity index (χ0n) is 7.19. The summed E-state index contributed by atoms with van der Waals surface area (Å²) in [6, 6.07) is 1.97. The maximum atomic E-state index is 11.7. The Balaban J connectivity index is 2.42. The Morgan fingerprint density at radius 2 is 2.46 bits per heavy atom. The molecule has 0 N–H and O–H groups in total. The van der Waals surface area contributed by atoms with Crippen molar-refractivity contribution in [3.8, 4) is 0 Å². The number of allylic oxidation sites excluding steroid dienone is 1. The van der Waals surface area contributed by atoms with E-state index >= 15 is 0 Å². The Hall–Kier alpha value is -1.13. The molecule has 3 nitrogen and oxygen atoms in total. The first-order valence-corrected chi connectivity index (χ1v) is 4.81. The predicted molar refractivity (Wildman–Crippen MR) is 50.3 cm³/mol. The van der Waals surface area contributed by atoms with E-state index in [4.69, 9.17) is 4.84 Å². The molecule has 0 atom stereocenters. The van der Waals surface area contributed by atoms with E-state index in [-0.39, 0.29) is 5.91 Å². The number of amides is 1. The van der Waals surface area contributed by atoms with E-state index in [1.165, 1.54) is 23.5 Å². The quantitative estimate of drug-likeness (QED) is 0.684. The van der Waals surface area contributed by atoms with Crippen LogP contribution >= 0.6 is 11.3 Å². The highest BCUT2D eigenvalue weighted by Gasteiger charge is 2.20. The van der Waals surface area contributed by atoms with Crippen LogP contribution in [0.25, 0.3) is 0 Å². The number of carbonyl (C=O) groups excluding carboxylic acids is 1. The van der Waals surface area contributed by atoms with Gasteiger partial charge in [-0.05, 0) is 23.4 Å². The summed E-state index contributed by atoms with van der Waals surface area (Å²) in [6.45, 7) is 0. The molecule has 0 spiro atoms. The van der Waals surface area contributed by atoms with Crippen LogP contribution < -0.4 is 0 Å². The fourth-order valence-electron chi connectivity index (χ4n) is 1.27. The summed E-state index contributed by atoms with van der Waals surface area (Å²) in [5.74, 6) is -0.0822. The van der Waals surface area contributed by atoms with E-state index in [1.54, 1.807) is 6.20 Å².